The van der Waals surface area contributed by atoms with Crippen LogP contribution < -0.4 is 16.4 Å². The molecular formula is C17H19BrN4O4S. The van der Waals surface area contributed by atoms with Gasteiger partial charge in [0.05, 0.1) is 12.1 Å². The Morgan fingerprint density at radius 1 is 1.33 bits per heavy atom. The maximum atomic E-state index is 12.2. The molecule has 1 atom stereocenters. The van der Waals surface area contributed by atoms with Gasteiger partial charge in [-0.05, 0) is 25.0 Å². The molecule has 10 heteroatoms. The van der Waals surface area contributed by atoms with Crippen molar-refractivity contribution in [2.24, 2.45) is 5.73 Å². The number of hydrogen-bond donors (Lipinski definition) is 4. The number of thiazole rings is 1. The third-order valence-corrected chi connectivity index (χ3v) is 5.00. The van der Waals surface area contributed by atoms with Crippen LogP contribution in [0.15, 0.2) is 34.1 Å². The standard InChI is InChI=1S/C17H19BrN4O4S/c18-11-4-1-3-10(7-11)15-21-12(9-27-15)8-14(23)22-13(16(24)25)5-2-6-20-17(19)26/h1,3-4,7,9,13H,2,5-6,8H2,(H,22,23)(H,24,25)(H3,19,20,26)/t13-/m1/s1. The second-order valence-electron chi connectivity index (χ2n) is 5.72. The van der Waals surface area contributed by atoms with Gasteiger partial charge in [-0.15, -0.1) is 11.3 Å². The SMILES string of the molecule is NC(=O)NCCC[C@@H](NC(=O)Cc1csc(-c2cccc(Br)c2)n1)C(=O)O. The zero-order valence-electron chi connectivity index (χ0n) is 14.3. The van der Waals surface area contributed by atoms with E-state index in [1.807, 2.05) is 24.3 Å². The summed E-state index contributed by atoms with van der Waals surface area (Å²) >= 11 is 4.83. The highest BCUT2D eigenvalue weighted by Gasteiger charge is 2.20. The van der Waals surface area contributed by atoms with Crippen LogP contribution in [0.3, 0.4) is 0 Å². The molecule has 144 valence electrons. The van der Waals surface area contributed by atoms with Crippen LogP contribution >= 0.6 is 27.3 Å². The van der Waals surface area contributed by atoms with E-state index in [2.05, 4.69) is 31.5 Å². The number of urea groups is 1. The lowest BCUT2D eigenvalue weighted by Crippen LogP contribution is -2.42. The van der Waals surface area contributed by atoms with Gasteiger partial charge in [0.15, 0.2) is 0 Å². The van der Waals surface area contributed by atoms with E-state index in [1.165, 1.54) is 11.3 Å². The minimum Gasteiger partial charge on any atom is -0.480 e. The molecule has 8 nitrogen and oxygen atoms in total. The summed E-state index contributed by atoms with van der Waals surface area (Å²) in [5, 5.41) is 16.7. The molecule has 0 saturated carbocycles. The minimum absolute atomic E-state index is 0.00613. The van der Waals surface area contributed by atoms with Crippen LogP contribution in [0.4, 0.5) is 4.79 Å². The Labute approximate surface area is 168 Å². The first-order chi connectivity index (χ1) is 12.8. The van der Waals surface area contributed by atoms with Crippen molar-refractivity contribution >= 4 is 45.2 Å². The van der Waals surface area contributed by atoms with Gasteiger partial charge < -0.3 is 21.5 Å². The molecule has 0 fully saturated rings. The molecule has 0 aliphatic heterocycles. The number of amides is 3. The molecule has 1 aromatic heterocycles. The number of aromatic nitrogens is 1. The Bertz CT molecular complexity index is 827. The number of carbonyl (C=O) groups excluding carboxylic acids is 2. The molecule has 27 heavy (non-hydrogen) atoms. The quantitative estimate of drug-likeness (QED) is 0.430. The number of rotatable bonds is 9. The number of benzene rings is 1. The van der Waals surface area contributed by atoms with E-state index in [0.717, 1.165) is 15.0 Å². The molecule has 2 rings (SSSR count). The predicted octanol–water partition coefficient (Wildman–Crippen LogP) is 2.13. The Hall–Kier alpha value is -2.46. The van der Waals surface area contributed by atoms with Crippen LogP contribution in [-0.4, -0.2) is 40.6 Å². The van der Waals surface area contributed by atoms with Gasteiger partial charge in [-0.25, -0.2) is 14.6 Å². The van der Waals surface area contributed by atoms with Crippen molar-refractivity contribution in [3.05, 3.63) is 39.8 Å². The lowest BCUT2D eigenvalue weighted by molar-refractivity contribution is -0.141. The summed E-state index contributed by atoms with van der Waals surface area (Å²) in [7, 11) is 0. The zero-order chi connectivity index (χ0) is 19.8. The summed E-state index contributed by atoms with van der Waals surface area (Å²) in [6, 6.07) is 5.97. The molecule has 0 unspecified atom stereocenters. The summed E-state index contributed by atoms with van der Waals surface area (Å²) in [5.41, 5.74) is 6.46. The third-order valence-electron chi connectivity index (χ3n) is 3.57. The van der Waals surface area contributed by atoms with Crippen molar-refractivity contribution in [2.45, 2.75) is 25.3 Å². The van der Waals surface area contributed by atoms with Crippen molar-refractivity contribution in [2.75, 3.05) is 6.54 Å². The van der Waals surface area contributed by atoms with Crippen LogP contribution in [-0.2, 0) is 16.0 Å². The van der Waals surface area contributed by atoms with Crippen LogP contribution in [0.5, 0.6) is 0 Å². The number of nitrogens with two attached hydrogens (primary N) is 1. The van der Waals surface area contributed by atoms with Gasteiger partial charge in [-0.2, -0.15) is 0 Å². The van der Waals surface area contributed by atoms with E-state index in [0.29, 0.717) is 12.1 Å². The number of nitrogens with zero attached hydrogens (tertiary/aromatic N) is 1. The number of halogens is 1. The van der Waals surface area contributed by atoms with Crippen molar-refractivity contribution in [1.82, 2.24) is 15.6 Å². The maximum absolute atomic E-state index is 12.2. The predicted molar refractivity (Wildman–Crippen MR) is 105 cm³/mol. The van der Waals surface area contributed by atoms with Crippen molar-refractivity contribution in [1.29, 1.82) is 0 Å². The van der Waals surface area contributed by atoms with E-state index >= 15 is 0 Å². The number of nitrogens with one attached hydrogen (secondary N) is 2. The van der Waals surface area contributed by atoms with Gasteiger partial charge in [0.25, 0.3) is 0 Å². The molecule has 0 radical (unpaired) electrons. The fraction of sp³-hybridized carbons (Fsp3) is 0.294. The number of carboxylic acid groups (broad SMARTS) is 1. The summed E-state index contributed by atoms with van der Waals surface area (Å²) in [4.78, 5) is 38.5. The first-order valence-corrected chi connectivity index (χ1v) is 9.78. The second-order valence-corrected chi connectivity index (χ2v) is 7.50. The van der Waals surface area contributed by atoms with Gasteiger partial charge in [0.1, 0.15) is 11.0 Å². The number of aliphatic carboxylic acids is 1. The molecule has 0 aliphatic carbocycles. The Morgan fingerprint density at radius 2 is 2.11 bits per heavy atom. The van der Waals surface area contributed by atoms with Crippen molar-refractivity contribution in [3.8, 4) is 10.6 Å². The minimum atomic E-state index is -1.13. The monoisotopic (exact) mass is 454 g/mol. The molecule has 5 N–H and O–H groups in total. The average Bonchev–Trinajstić information content (AvgIpc) is 3.05. The highest BCUT2D eigenvalue weighted by Crippen LogP contribution is 2.26. The molecule has 0 spiro atoms. The summed E-state index contributed by atoms with van der Waals surface area (Å²) < 4.78 is 0.935. The first-order valence-electron chi connectivity index (χ1n) is 8.11. The fourth-order valence-electron chi connectivity index (χ4n) is 2.33. The lowest BCUT2D eigenvalue weighted by atomic mass is 10.1. The van der Waals surface area contributed by atoms with Crippen LogP contribution in [0.1, 0.15) is 18.5 Å². The topological polar surface area (TPSA) is 134 Å². The molecule has 1 aromatic carbocycles. The number of carbonyl (C=O) groups is 3. The molecular weight excluding hydrogens is 436 g/mol. The Kier molecular flexibility index (Phi) is 7.74. The molecule has 3 amide bonds. The summed E-state index contributed by atoms with van der Waals surface area (Å²) in [6.07, 6.45) is 0.555. The van der Waals surface area contributed by atoms with E-state index in [1.54, 1.807) is 5.38 Å². The Balaban J connectivity index is 1.90. The highest BCUT2D eigenvalue weighted by molar-refractivity contribution is 9.10. The Morgan fingerprint density at radius 3 is 2.78 bits per heavy atom. The fourth-order valence-corrected chi connectivity index (χ4v) is 3.54. The number of primary amides is 1. The number of hydrogen-bond acceptors (Lipinski definition) is 5. The second kappa shape index (κ2) is 10.0. The van der Waals surface area contributed by atoms with Crippen LogP contribution in [0, 0.1) is 0 Å². The van der Waals surface area contributed by atoms with Gasteiger partial charge in [-0.3, -0.25) is 4.79 Å². The maximum Gasteiger partial charge on any atom is 0.326 e. The molecule has 0 saturated heterocycles. The van der Waals surface area contributed by atoms with Gasteiger partial charge >= 0.3 is 12.0 Å². The zero-order valence-corrected chi connectivity index (χ0v) is 16.7. The van der Waals surface area contributed by atoms with Crippen molar-refractivity contribution in [3.63, 3.8) is 0 Å². The van der Waals surface area contributed by atoms with Gasteiger partial charge in [0.2, 0.25) is 5.91 Å². The highest BCUT2D eigenvalue weighted by atomic mass is 79.9. The molecule has 0 bridgehead atoms. The summed E-state index contributed by atoms with van der Waals surface area (Å²) in [5.74, 6) is -1.55. The smallest absolute Gasteiger partial charge is 0.326 e. The van der Waals surface area contributed by atoms with Crippen LogP contribution in [0.2, 0.25) is 0 Å². The van der Waals surface area contributed by atoms with E-state index in [4.69, 9.17) is 5.73 Å². The average molecular weight is 455 g/mol. The van der Waals surface area contributed by atoms with E-state index in [-0.39, 0.29) is 19.4 Å². The van der Waals surface area contributed by atoms with E-state index < -0.39 is 23.9 Å². The first kappa shape index (κ1) is 20.8. The lowest BCUT2D eigenvalue weighted by Gasteiger charge is -2.14. The number of carboxylic acids is 1. The third kappa shape index (κ3) is 6.99. The van der Waals surface area contributed by atoms with Crippen LogP contribution in [0.25, 0.3) is 10.6 Å². The molecule has 2 aromatic rings. The largest absolute Gasteiger partial charge is 0.480 e. The van der Waals surface area contributed by atoms with Crippen molar-refractivity contribution < 1.29 is 19.5 Å². The molecule has 0 aliphatic rings. The van der Waals surface area contributed by atoms with E-state index in [9.17, 15) is 19.5 Å². The van der Waals surface area contributed by atoms with Gasteiger partial charge in [-0.1, -0.05) is 28.1 Å². The normalized spacial score (nSPS) is 11.6. The molecule has 1 heterocycles. The van der Waals surface area contributed by atoms with Gasteiger partial charge in [0, 0.05) is 22.0 Å². The summed E-state index contributed by atoms with van der Waals surface area (Å²) in [6.45, 7) is 0.247.